The molecule has 1 N–H and O–H groups in total. The van der Waals surface area contributed by atoms with Gasteiger partial charge >= 0.3 is 5.88 Å². The van der Waals surface area contributed by atoms with Crippen LogP contribution < -0.4 is 15.5 Å². The van der Waals surface area contributed by atoms with Gasteiger partial charge in [-0.3, -0.25) is 24.5 Å². The van der Waals surface area contributed by atoms with E-state index in [1.807, 2.05) is 0 Å². The molecule has 0 bridgehead atoms. The van der Waals surface area contributed by atoms with Gasteiger partial charge in [-0.1, -0.05) is 0 Å². The van der Waals surface area contributed by atoms with Crippen LogP contribution in [-0.4, -0.2) is 52.9 Å². The first-order valence-corrected chi connectivity index (χ1v) is 8.01. The van der Waals surface area contributed by atoms with Crippen LogP contribution >= 0.6 is 0 Å². The number of nitro groups is 1. The standard InChI is InChI=1S/C16H16N4O7/c1-26-13-9-19-7-6-18(16(23)10(19)8-11(13)21)5-4-17-15(22)12-2-3-14(27-12)20(24)25/h2-3,8-9H,4-7H2,1H3,(H,17,22). The number of hydrogen-bond acceptors (Lipinski definition) is 7. The van der Waals surface area contributed by atoms with Gasteiger partial charge in [-0.15, -0.1) is 0 Å². The summed E-state index contributed by atoms with van der Waals surface area (Å²) in [5.41, 5.74) is -0.133. The van der Waals surface area contributed by atoms with Gasteiger partial charge in [0.2, 0.25) is 5.43 Å². The Morgan fingerprint density at radius 1 is 1.37 bits per heavy atom. The van der Waals surface area contributed by atoms with Crippen molar-refractivity contribution in [2.45, 2.75) is 6.54 Å². The van der Waals surface area contributed by atoms with Crippen LogP contribution in [0, 0.1) is 10.1 Å². The molecule has 0 unspecified atom stereocenters. The summed E-state index contributed by atoms with van der Waals surface area (Å²) in [6, 6.07) is 3.52. The quantitative estimate of drug-likeness (QED) is 0.563. The average Bonchev–Trinajstić information content (AvgIpc) is 3.14. The molecule has 2 aromatic rings. The van der Waals surface area contributed by atoms with Crippen molar-refractivity contribution in [3.05, 3.63) is 56.2 Å². The Morgan fingerprint density at radius 3 is 2.81 bits per heavy atom. The fourth-order valence-corrected chi connectivity index (χ4v) is 2.72. The maximum atomic E-state index is 12.5. The fraction of sp³-hybridized carbons (Fsp3) is 0.312. The van der Waals surface area contributed by atoms with E-state index in [0.29, 0.717) is 13.1 Å². The van der Waals surface area contributed by atoms with Gasteiger partial charge < -0.3 is 23.9 Å². The Morgan fingerprint density at radius 2 is 2.15 bits per heavy atom. The maximum Gasteiger partial charge on any atom is 0.433 e. The van der Waals surface area contributed by atoms with Crippen LogP contribution in [0.4, 0.5) is 5.88 Å². The second kappa shape index (κ2) is 7.32. The molecule has 0 aromatic carbocycles. The monoisotopic (exact) mass is 376 g/mol. The smallest absolute Gasteiger partial charge is 0.433 e. The number of furan rings is 1. The highest BCUT2D eigenvalue weighted by Gasteiger charge is 2.25. The van der Waals surface area contributed by atoms with E-state index in [1.54, 1.807) is 4.57 Å². The summed E-state index contributed by atoms with van der Waals surface area (Å²) in [6.45, 7) is 1.23. The Labute approximate surface area is 152 Å². The number of pyridine rings is 1. The first-order chi connectivity index (χ1) is 12.9. The van der Waals surface area contributed by atoms with E-state index in [-0.39, 0.29) is 41.6 Å². The van der Waals surface area contributed by atoms with Crippen LogP contribution in [0.3, 0.4) is 0 Å². The van der Waals surface area contributed by atoms with Gasteiger partial charge in [0, 0.05) is 32.2 Å². The number of ether oxygens (including phenoxy) is 1. The first-order valence-electron chi connectivity index (χ1n) is 8.01. The van der Waals surface area contributed by atoms with E-state index >= 15 is 0 Å². The lowest BCUT2D eigenvalue weighted by atomic mass is 10.2. The van der Waals surface area contributed by atoms with E-state index in [4.69, 9.17) is 9.15 Å². The van der Waals surface area contributed by atoms with Gasteiger partial charge in [0.25, 0.3) is 11.8 Å². The number of nitrogens with zero attached hydrogens (tertiary/aromatic N) is 3. The lowest BCUT2D eigenvalue weighted by molar-refractivity contribution is -0.402. The molecule has 1 aliphatic rings. The van der Waals surface area contributed by atoms with Crippen molar-refractivity contribution in [2.24, 2.45) is 0 Å². The van der Waals surface area contributed by atoms with E-state index in [9.17, 15) is 24.5 Å². The summed E-state index contributed by atoms with van der Waals surface area (Å²) in [5.74, 6) is -1.49. The predicted octanol–water partition coefficient (Wildman–Crippen LogP) is 0.244. The zero-order valence-corrected chi connectivity index (χ0v) is 14.3. The molecule has 2 aromatic heterocycles. The minimum absolute atomic E-state index is 0.124. The summed E-state index contributed by atoms with van der Waals surface area (Å²) in [4.78, 5) is 47.6. The minimum atomic E-state index is -0.739. The summed E-state index contributed by atoms with van der Waals surface area (Å²) < 4.78 is 11.4. The molecule has 142 valence electrons. The molecular formula is C16H16N4O7. The largest absolute Gasteiger partial charge is 0.491 e. The van der Waals surface area contributed by atoms with Crippen LogP contribution in [0.25, 0.3) is 0 Å². The number of nitrogens with one attached hydrogen (secondary N) is 1. The molecule has 1 aliphatic heterocycles. The second-order valence-electron chi connectivity index (χ2n) is 5.73. The van der Waals surface area contributed by atoms with Gasteiger partial charge in [-0.25, -0.2) is 0 Å². The highest BCUT2D eigenvalue weighted by atomic mass is 16.6. The Hall–Kier alpha value is -3.63. The Kier molecular flexibility index (Phi) is 4.92. The molecule has 0 atom stereocenters. The van der Waals surface area contributed by atoms with Crippen molar-refractivity contribution in [3.8, 4) is 5.75 Å². The number of aromatic nitrogens is 1. The average molecular weight is 376 g/mol. The molecule has 11 heteroatoms. The van der Waals surface area contributed by atoms with Crippen LogP contribution in [0.1, 0.15) is 21.0 Å². The van der Waals surface area contributed by atoms with E-state index in [0.717, 1.165) is 6.07 Å². The van der Waals surface area contributed by atoms with E-state index < -0.39 is 16.7 Å². The molecule has 3 heterocycles. The number of amides is 2. The van der Waals surface area contributed by atoms with Crippen molar-refractivity contribution >= 4 is 17.7 Å². The summed E-state index contributed by atoms with van der Waals surface area (Å²) >= 11 is 0. The third-order valence-corrected chi connectivity index (χ3v) is 4.09. The number of carbonyl (C=O) groups is 2. The van der Waals surface area contributed by atoms with Crippen molar-refractivity contribution in [1.29, 1.82) is 0 Å². The Balaban J connectivity index is 1.60. The molecule has 27 heavy (non-hydrogen) atoms. The lowest BCUT2D eigenvalue weighted by Gasteiger charge is -2.30. The zero-order valence-electron chi connectivity index (χ0n) is 14.3. The minimum Gasteiger partial charge on any atom is -0.491 e. The van der Waals surface area contributed by atoms with Crippen molar-refractivity contribution in [3.63, 3.8) is 0 Å². The maximum absolute atomic E-state index is 12.5. The third-order valence-electron chi connectivity index (χ3n) is 4.09. The topological polar surface area (TPSA) is 137 Å². The molecule has 0 spiro atoms. The molecule has 0 aliphatic carbocycles. The second-order valence-corrected chi connectivity index (χ2v) is 5.73. The molecule has 0 fully saturated rings. The SMILES string of the molecule is COc1cn2c(cc1=O)C(=O)N(CCNC(=O)c1ccc([N+](=O)[O-])o1)CC2. The normalized spacial score (nSPS) is 13.2. The number of methoxy groups -OCH3 is 1. The van der Waals surface area contributed by atoms with Gasteiger partial charge in [-0.05, 0) is 6.07 Å². The van der Waals surface area contributed by atoms with Gasteiger partial charge in [0.15, 0.2) is 11.5 Å². The zero-order chi connectivity index (χ0) is 19.6. The van der Waals surface area contributed by atoms with Gasteiger partial charge in [-0.2, -0.15) is 0 Å². The summed E-state index contributed by atoms with van der Waals surface area (Å²) in [5, 5.41) is 13.1. The van der Waals surface area contributed by atoms with E-state index in [1.165, 1.54) is 30.3 Å². The number of carbonyl (C=O) groups excluding carboxylic acids is 2. The molecule has 0 saturated carbocycles. The summed E-state index contributed by atoms with van der Waals surface area (Å²) in [7, 11) is 1.39. The van der Waals surface area contributed by atoms with Crippen molar-refractivity contribution in [2.75, 3.05) is 26.7 Å². The fourth-order valence-electron chi connectivity index (χ4n) is 2.72. The van der Waals surface area contributed by atoms with Crippen LogP contribution in [0.5, 0.6) is 5.75 Å². The van der Waals surface area contributed by atoms with E-state index in [2.05, 4.69) is 5.32 Å². The molecular weight excluding hydrogens is 360 g/mol. The number of rotatable bonds is 6. The van der Waals surface area contributed by atoms with Crippen molar-refractivity contribution in [1.82, 2.24) is 14.8 Å². The van der Waals surface area contributed by atoms with Crippen LogP contribution in [0.15, 0.2) is 33.6 Å². The third kappa shape index (κ3) is 3.66. The molecule has 2 amide bonds. The number of hydrogen-bond donors (Lipinski definition) is 1. The lowest BCUT2D eigenvalue weighted by Crippen LogP contribution is -2.45. The predicted molar refractivity (Wildman–Crippen MR) is 90.9 cm³/mol. The van der Waals surface area contributed by atoms with Gasteiger partial charge in [0.1, 0.15) is 10.6 Å². The van der Waals surface area contributed by atoms with Crippen LogP contribution in [-0.2, 0) is 6.54 Å². The molecule has 0 saturated heterocycles. The highest BCUT2D eigenvalue weighted by Crippen LogP contribution is 2.16. The number of fused-ring (bicyclic) bond motifs is 1. The van der Waals surface area contributed by atoms with Gasteiger partial charge in [0.05, 0.1) is 19.4 Å². The van der Waals surface area contributed by atoms with Crippen LogP contribution in [0.2, 0.25) is 0 Å². The van der Waals surface area contributed by atoms with Crippen molar-refractivity contribution < 1.29 is 23.7 Å². The first kappa shape index (κ1) is 18.2. The molecule has 11 nitrogen and oxygen atoms in total. The molecule has 3 rings (SSSR count). The molecule has 0 radical (unpaired) electrons. The Bertz CT molecular complexity index is 962. The highest BCUT2D eigenvalue weighted by molar-refractivity contribution is 5.93. The summed E-state index contributed by atoms with van der Waals surface area (Å²) in [6.07, 6.45) is 1.50.